The molecule has 0 aliphatic heterocycles. The number of benzene rings is 1. The monoisotopic (exact) mass is 398 g/mol. The highest BCUT2D eigenvalue weighted by molar-refractivity contribution is 6.31. The van der Waals surface area contributed by atoms with Crippen LogP contribution >= 0.6 is 11.6 Å². The molecule has 2 aromatic heterocycles. The van der Waals surface area contributed by atoms with E-state index in [0.29, 0.717) is 40.0 Å². The molecule has 0 N–H and O–H groups in total. The van der Waals surface area contributed by atoms with Crippen molar-refractivity contribution in [1.29, 1.82) is 0 Å². The summed E-state index contributed by atoms with van der Waals surface area (Å²) in [6, 6.07) is 10.6. The molecule has 0 saturated carbocycles. The standard InChI is InChI=1S/C21H19ClN2O4/c1-3-27-18-9-7-15(14(2)25)12-16(18)13-28-20(26)10-8-17-21(22)23-19-6-4-5-11-24(17)19/h4-12H,3,13H2,1-2H3/b10-8+. The number of Topliss-reactive ketones (excluding diaryl/α,β-unsaturated/α-hetero) is 1. The van der Waals surface area contributed by atoms with Gasteiger partial charge < -0.3 is 9.47 Å². The Kier molecular flexibility index (Phi) is 6.11. The second kappa shape index (κ2) is 8.71. The lowest BCUT2D eigenvalue weighted by atomic mass is 10.1. The maximum absolute atomic E-state index is 12.2. The van der Waals surface area contributed by atoms with Gasteiger partial charge >= 0.3 is 5.97 Å². The zero-order valence-electron chi connectivity index (χ0n) is 15.5. The van der Waals surface area contributed by atoms with E-state index in [4.69, 9.17) is 21.1 Å². The van der Waals surface area contributed by atoms with E-state index in [0.717, 1.165) is 0 Å². The normalized spacial score (nSPS) is 11.1. The van der Waals surface area contributed by atoms with Gasteiger partial charge in [0, 0.05) is 23.4 Å². The van der Waals surface area contributed by atoms with Crippen LogP contribution in [0.5, 0.6) is 5.75 Å². The van der Waals surface area contributed by atoms with Gasteiger partial charge in [0.25, 0.3) is 0 Å². The molecule has 7 heteroatoms. The smallest absolute Gasteiger partial charge is 0.331 e. The van der Waals surface area contributed by atoms with Crippen molar-refractivity contribution in [1.82, 2.24) is 9.38 Å². The molecule has 2 heterocycles. The average Bonchev–Trinajstić information content (AvgIpc) is 3.00. The van der Waals surface area contributed by atoms with Crippen LogP contribution in [-0.4, -0.2) is 27.7 Å². The first kappa shape index (κ1) is 19.6. The van der Waals surface area contributed by atoms with Crippen LogP contribution in [0.3, 0.4) is 0 Å². The summed E-state index contributed by atoms with van der Waals surface area (Å²) >= 11 is 6.14. The molecule has 28 heavy (non-hydrogen) atoms. The second-order valence-electron chi connectivity index (χ2n) is 5.97. The number of pyridine rings is 1. The fraction of sp³-hybridized carbons (Fsp3) is 0.190. The predicted molar refractivity (Wildman–Crippen MR) is 107 cm³/mol. The molecule has 0 spiro atoms. The van der Waals surface area contributed by atoms with Crippen LogP contribution in [0.15, 0.2) is 48.7 Å². The highest BCUT2D eigenvalue weighted by Crippen LogP contribution is 2.22. The van der Waals surface area contributed by atoms with Crippen LogP contribution < -0.4 is 4.74 Å². The highest BCUT2D eigenvalue weighted by Gasteiger charge is 2.11. The summed E-state index contributed by atoms with van der Waals surface area (Å²) in [6.45, 7) is 3.79. The zero-order valence-corrected chi connectivity index (χ0v) is 16.3. The molecule has 0 aliphatic carbocycles. The number of fused-ring (bicyclic) bond motifs is 1. The van der Waals surface area contributed by atoms with Gasteiger partial charge in [-0.3, -0.25) is 9.20 Å². The number of carbonyl (C=O) groups is 2. The van der Waals surface area contributed by atoms with E-state index in [-0.39, 0.29) is 12.4 Å². The van der Waals surface area contributed by atoms with Gasteiger partial charge in [0.05, 0.1) is 12.3 Å². The highest BCUT2D eigenvalue weighted by atomic mass is 35.5. The SMILES string of the molecule is CCOc1ccc(C(C)=O)cc1COC(=O)/C=C/c1c(Cl)nc2ccccn12. The Labute approximate surface area is 167 Å². The molecule has 0 aliphatic rings. The third-order valence-electron chi connectivity index (χ3n) is 4.04. The van der Waals surface area contributed by atoms with Gasteiger partial charge in [0.1, 0.15) is 18.0 Å². The van der Waals surface area contributed by atoms with Crippen molar-refractivity contribution in [2.75, 3.05) is 6.61 Å². The first-order chi connectivity index (χ1) is 13.5. The van der Waals surface area contributed by atoms with E-state index in [9.17, 15) is 9.59 Å². The summed E-state index contributed by atoms with van der Waals surface area (Å²) in [4.78, 5) is 28.0. The van der Waals surface area contributed by atoms with E-state index >= 15 is 0 Å². The largest absolute Gasteiger partial charge is 0.493 e. The number of hydrogen-bond donors (Lipinski definition) is 0. The first-order valence-electron chi connectivity index (χ1n) is 8.73. The van der Waals surface area contributed by atoms with Crippen LogP contribution in [-0.2, 0) is 16.1 Å². The summed E-state index contributed by atoms with van der Waals surface area (Å²) < 4.78 is 12.6. The number of halogens is 1. The fourth-order valence-corrected chi connectivity index (χ4v) is 2.93. The van der Waals surface area contributed by atoms with E-state index in [1.54, 1.807) is 34.9 Å². The molecule has 0 bridgehead atoms. The molecule has 3 rings (SSSR count). The van der Waals surface area contributed by atoms with Crippen molar-refractivity contribution in [3.8, 4) is 5.75 Å². The molecule has 1 aromatic carbocycles. The minimum absolute atomic E-state index is 0.0134. The van der Waals surface area contributed by atoms with Crippen LogP contribution in [0, 0.1) is 0 Å². The van der Waals surface area contributed by atoms with Gasteiger partial charge in [0.2, 0.25) is 0 Å². The van der Waals surface area contributed by atoms with Crippen molar-refractivity contribution in [2.45, 2.75) is 20.5 Å². The van der Waals surface area contributed by atoms with Crippen LogP contribution in [0.2, 0.25) is 5.15 Å². The van der Waals surface area contributed by atoms with Crippen molar-refractivity contribution < 1.29 is 19.1 Å². The van der Waals surface area contributed by atoms with Gasteiger partial charge in [0.15, 0.2) is 10.9 Å². The molecule has 6 nitrogen and oxygen atoms in total. The summed E-state index contributed by atoms with van der Waals surface area (Å²) in [6.07, 6.45) is 4.65. The Morgan fingerprint density at radius 1 is 1.25 bits per heavy atom. The molecule has 0 saturated heterocycles. The quantitative estimate of drug-likeness (QED) is 0.336. The summed E-state index contributed by atoms with van der Waals surface area (Å²) in [5, 5.41) is 0.294. The molecule has 0 atom stereocenters. The van der Waals surface area contributed by atoms with Gasteiger partial charge in [-0.1, -0.05) is 17.7 Å². The number of ether oxygens (including phenoxy) is 2. The summed E-state index contributed by atoms with van der Waals surface area (Å²) in [5.41, 5.74) is 2.43. The Hall–Kier alpha value is -3.12. The van der Waals surface area contributed by atoms with Gasteiger partial charge in [-0.15, -0.1) is 0 Å². The van der Waals surface area contributed by atoms with E-state index in [2.05, 4.69) is 4.98 Å². The lowest BCUT2D eigenvalue weighted by Crippen LogP contribution is -2.05. The topological polar surface area (TPSA) is 69.9 Å². The lowest BCUT2D eigenvalue weighted by Gasteiger charge is -2.11. The van der Waals surface area contributed by atoms with E-state index in [1.165, 1.54) is 13.0 Å². The Balaban J connectivity index is 1.73. The summed E-state index contributed by atoms with van der Waals surface area (Å²) in [7, 11) is 0. The van der Waals surface area contributed by atoms with E-state index < -0.39 is 5.97 Å². The number of ketones is 1. The number of imidazole rings is 1. The average molecular weight is 399 g/mol. The zero-order chi connectivity index (χ0) is 20.1. The molecule has 0 amide bonds. The Morgan fingerprint density at radius 3 is 2.82 bits per heavy atom. The van der Waals surface area contributed by atoms with Crippen molar-refractivity contribution in [3.05, 3.63) is 70.6 Å². The van der Waals surface area contributed by atoms with Gasteiger partial charge in [-0.2, -0.15) is 0 Å². The Morgan fingerprint density at radius 2 is 2.07 bits per heavy atom. The molecule has 3 aromatic rings. The minimum Gasteiger partial charge on any atom is -0.493 e. The van der Waals surface area contributed by atoms with Crippen LogP contribution in [0.25, 0.3) is 11.7 Å². The van der Waals surface area contributed by atoms with Gasteiger partial charge in [-0.25, -0.2) is 9.78 Å². The van der Waals surface area contributed by atoms with E-state index in [1.807, 2.05) is 25.1 Å². The third-order valence-corrected chi connectivity index (χ3v) is 4.31. The molecule has 0 unspecified atom stereocenters. The maximum Gasteiger partial charge on any atom is 0.331 e. The first-order valence-corrected chi connectivity index (χ1v) is 9.11. The number of rotatable bonds is 7. The lowest BCUT2D eigenvalue weighted by molar-refractivity contribution is -0.138. The summed E-state index contributed by atoms with van der Waals surface area (Å²) in [5.74, 6) is -0.0375. The Bertz CT molecular complexity index is 1060. The minimum atomic E-state index is -0.544. The second-order valence-corrected chi connectivity index (χ2v) is 6.33. The van der Waals surface area contributed by atoms with Gasteiger partial charge in [-0.05, 0) is 50.3 Å². The number of nitrogens with zero attached hydrogens (tertiary/aromatic N) is 2. The number of esters is 1. The third kappa shape index (κ3) is 4.40. The molecular weight excluding hydrogens is 380 g/mol. The van der Waals surface area contributed by atoms with Crippen LogP contribution in [0.1, 0.15) is 35.5 Å². The fourth-order valence-electron chi connectivity index (χ4n) is 2.69. The molecule has 0 fully saturated rings. The van der Waals surface area contributed by atoms with Crippen LogP contribution in [0.4, 0.5) is 0 Å². The number of hydrogen-bond acceptors (Lipinski definition) is 5. The molecular formula is C21H19ClN2O4. The van der Waals surface area contributed by atoms with Crippen molar-refractivity contribution >= 4 is 35.1 Å². The maximum atomic E-state index is 12.2. The molecule has 144 valence electrons. The number of aromatic nitrogens is 2. The van der Waals surface area contributed by atoms with Crippen molar-refractivity contribution in [3.63, 3.8) is 0 Å². The van der Waals surface area contributed by atoms with Crippen molar-refractivity contribution in [2.24, 2.45) is 0 Å². The number of carbonyl (C=O) groups excluding carboxylic acids is 2. The molecule has 0 radical (unpaired) electrons. The predicted octanol–water partition coefficient (Wildman–Crippen LogP) is 4.35.